The van der Waals surface area contributed by atoms with Crippen LogP contribution in [0.5, 0.6) is 11.5 Å². The second-order valence-corrected chi connectivity index (χ2v) is 8.68. The molecular formula is C19H22ClNO5S. The van der Waals surface area contributed by atoms with Crippen LogP contribution in [0.25, 0.3) is 0 Å². The summed E-state index contributed by atoms with van der Waals surface area (Å²) in [5.41, 5.74) is 1.31. The van der Waals surface area contributed by atoms with Crippen LogP contribution in [0.1, 0.15) is 22.8 Å². The molecule has 0 aliphatic heterocycles. The molecule has 0 aliphatic carbocycles. The van der Waals surface area contributed by atoms with E-state index in [1.165, 1.54) is 7.11 Å². The summed E-state index contributed by atoms with van der Waals surface area (Å²) in [6.45, 7) is 1.96. The first kappa shape index (κ1) is 21.1. The normalized spacial score (nSPS) is 11.1. The Bertz CT molecular complexity index is 881. The van der Waals surface area contributed by atoms with E-state index in [1.807, 2.05) is 12.1 Å². The summed E-state index contributed by atoms with van der Waals surface area (Å²) in [5, 5.41) is 3.25. The largest absolute Gasteiger partial charge is 0.493 e. The maximum absolute atomic E-state index is 12.2. The average Bonchev–Trinajstić information content (AvgIpc) is 2.67. The van der Waals surface area contributed by atoms with Gasteiger partial charge >= 0.3 is 0 Å². The van der Waals surface area contributed by atoms with Crippen LogP contribution in [0, 0.1) is 0 Å². The van der Waals surface area contributed by atoms with E-state index in [4.69, 9.17) is 21.1 Å². The molecule has 27 heavy (non-hydrogen) atoms. The number of ether oxygens (including phenoxy) is 2. The summed E-state index contributed by atoms with van der Waals surface area (Å²) < 4.78 is 34.0. The number of rotatable bonds is 9. The van der Waals surface area contributed by atoms with Gasteiger partial charge in [-0.2, -0.15) is 0 Å². The third kappa shape index (κ3) is 6.45. The van der Waals surface area contributed by atoms with Gasteiger partial charge in [0.2, 0.25) is 0 Å². The number of carbonyl (C=O) groups excluding carboxylic acids is 1. The van der Waals surface area contributed by atoms with E-state index in [0.29, 0.717) is 28.7 Å². The van der Waals surface area contributed by atoms with Crippen molar-refractivity contribution in [2.45, 2.75) is 13.5 Å². The summed E-state index contributed by atoms with van der Waals surface area (Å²) in [4.78, 5) is 12.2. The van der Waals surface area contributed by atoms with E-state index in [2.05, 4.69) is 5.32 Å². The first-order valence-electron chi connectivity index (χ1n) is 8.38. The number of methoxy groups -OCH3 is 1. The molecule has 0 aliphatic rings. The third-order valence-electron chi connectivity index (χ3n) is 3.87. The van der Waals surface area contributed by atoms with E-state index >= 15 is 0 Å². The van der Waals surface area contributed by atoms with Crippen LogP contribution in [0.4, 0.5) is 0 Å². The Morgan fingerprint density at radius 1 is 1.11 bits per heavy atom. The maximum Gasteiger partial charge on any atom is 0.251 e. The van der Waals surface area contributed by atoms with Gasteiger partial charge in [-0.1, -0.05) is 30.7 Å². The van der Waals surface area contributed by atoms with Crippen molar-refractivity contribution in [2.75, 3.05) is 25.2 Å². The van der Waals surface area contributed by atoms with Crippen LogP contribution in [-0.4, -0.2) is 39.5 Å². The Labute approximate surface area is 164 Å². The Kier molecular flexibility index (Phi) is 7.50. The predicted molar refractivity (Wildman–Crippen MR) is 105 cm³/mol. The molecule has 1 N–H and O–H groups in total. The molecule has 6 nitrogen and oxygen atoms in total. The molecule has 2 rings (SSSR count). The molecule has 0 spiro atoms. The number of nitrogens with one attached hydrogen (secondary N) is 1. The van der Waals surface area contributed by atoms with Crippen molar-refractivity contribution >= 4 is 27.3 Å². The molecule has 146 valence electrons. The highest BCUT2D eigenvalue weighted by atomic mass is 35.5. The highest BCUT2D eigenvalue weighted by Crippen LogP contribution is 2.29. The van der Waals surface area contributed by atoms with Crippen LogP contribution < -0.4 is 14.8 Å². The fourth-order valence-electron chi connectivity index (χ4n) is 2.24. The summed E-state index contributed by atoms with van der Waals surface area (Å²) in [7, 11) is -1.63. The lowest BCUT2D eigenvalue weighted by molar-refractivity contribution is 0.0955. The zero-order valence-corrected chi connectivity index (χ0v) is 16.8. The minimum atomic E-state index is -3.12. The summed E-state index contributed by atoms with van der Waals surface area (Å²) in [5.74, 6) is 0.504. The van der Waals surface area contributed by atoms with Gasteiger partial charge in [0.05, 0.1) is 12.9 Å². The van der Waals surface area contributed by atoms with Crippen LogP contribution in [0.2, 0.25) is 5.02 Å². The van der Waals surface area contributed by atoms with Gasteiger partial charge in [0, 0.05) is 22.9 Å². The van der Waals surface area contributed by atoms with Gasteiger partial charge in [0.15, 0.2) is 21.3 Å². The molecule has 0 saturated heterocycles. The fourth-order valence-corrected chi connectivity index (χ4v) is 3.06. The first-order valence-corrected chi connectivity index (χ1v) is 10.6. The molecule has 8 heteroatoms. The van der Waals surface area contributed by atoms with Crippen molar-refractivity contribution in [3.05, 3.63) is 58.6 Å². The van der Waals surface area contributed by atoms with Crippen LogP contribution >= 0.6 is 11.6 Å². The number of carbonyl (C=O) groups is 1. The monoisotopic (exact) mass is 411 g/mol. The van der Waals surface area contributed by atoms with Crippen molar-refractivity contribution in [3.63, 3.8) is 0 Å². The zero-order valence-electron chi connectivity index (χ0n) is 15.2. The number of amides is 1. The van der Waals surface area contributed by atoms with E-state index in [0.717, 1.165) is 5.56 Å². The molecule has 0 fully saturated rings. The Morgan fingerprint density at radius 3 is 2.44 bits per heavy atom. The maximum atomic E-state index is 12.2. The van der Waals surface area contributed by atoms with E-state index in [9.17, 15) is 13.2 Å². The van der Waals surface area contributed by atoms with Gasteiger partial charge in [-0.3, -0.25) is 4.79 Å². The smallest absolute Gasteiger partial charge is 0.251 e. The van der Waals surface area contributed by atoms with E-state index in [1.54, 1.807) is 37.3 Å². The predicted octanol–water partition coefficient (Wildman–Crippen LogP) is 3.09. The standard InChI is InChI=1S/C19H22ClNO5S/c1-3-27(23,24)11-10-21-19(22)15-6-9-17(18(12-15)25-2)26-13-14-4-7-16(20)8-5-14/h4-9,12H,3,10-11,13H2,1-2H3,(H,21,22). The Balaban J connectivity index is 1.99. The molecule has 0 heterocycles. The van der Waals surface area contributed by atoms with Gasteiger partial charge in [0.1, 0.15) is 6.61 Å². The first-order chi connectivity index (χ1) is 12.8. The molecular weight excluding hydrogens is 390 g/mol. The molecule has 1 amide bonds. The molecule has 2 aromatic rings. The minimum absolute atomic E-state index is 0.0519. The second kappa shape index (κ2) is 9.62. The topological polar surface area (TPSA) is 81.7 Å². The van der Waals surface area contributed by atoms with Gasteiger partial charge in [-0.05, 0) is 35.9 Å². The molecule has 2 aromatic carbocycles. The number of benzene rings is 2. The number of sulfone groups is 1. The third-order valence-corrected chi connectivity index (χ3v) is 5.83. The van der Waals surface area contributed by atoms with Crippen LogP contribution in [0.3, 0.4) is 0 Å². The van der Waals surface area contributed by atoms with Crippen LogP contribution in [0.15, 0.2) is 42.5 Å². The van der Waals surface area contributed by atoms with Crippen molar-refractivity contribution in [3.8, 4) is 11.5 Å². The molecule has 0 saturated carbocycles. The van der Waals surface area contributed by atoms with Crippen molar-refractivity contribution < 1.29 is 22.7 Å². The summed E-state index contributed by atoms with van der Waals surface area (Å²) >= 11 is 5.86. The van der Waals surface area contributed by atoms with E-state index < -0.39 is 9.84 Å². The fraction of sp³-hybridized carbons (Fsp3) is 0.316. The minimum Gasteiger partial charge on any atom is -0.493 e. The molecule has 0 atom stereocenters. The summed E-state index contributed by atoms with van der Waals surface area (Å²) in [6, 6.07) is 12.1. The van der Waals surface area contributed by atoms with Gasteiger partial charge in [0.25, 0.3) is 5.91 Å². The number of hydrogen-bond acceptors (Lipinski definition) is 5. The average molecular weight is 412 g/mol. The Hall–Kier alpha value is -2.25. The van der Waals surface area contributed by atoms with E-state index in [-0.39, 0.29) is 24.0 Å². The van der Waals surface area contributed by atoms with Gasteiger partial charge < -0.3 is 14.8 Å². The molecule has 0 unspecified atom stereocenters. The quantitative estimate of drug-likeness (QED) is 0.685. The summed E-state index contributed by atoms with van der Waals surface area (Å²) in [6.07, 6.45) is 0. The lowest BCUT2D eigenvalue weighted by Gasteiger charge is -2.12. The second-order valence-electron chi connectivity index (χ2n) is 5.77. The lowest BCUT2D eigenvalue weighted by atomic mass is 10.2. The lowest BCUT2D eigenvalue weighted by Crippen LogP contribution is -2.29. The van der Waals surface area contributed by atoms with Gasteiger partial charge in [-0.15, -0.1) is 0 Å². The number of halogens is 1. The zero-order chi connectivity index (χ0) is 19.9. The highest BCUT2D eigenvalue weighted by Gasteiger charge is 2.13. The number of hydrogen-bond donors (Lipinski definition) is 1. The molecule has 0 radical (unpaired) electrons. The highest BCUT2D eigenvalue weighted by molar-refractivity contribution is 7.91. The van der Waals surface area contributed by atoms with Crippen molar-refractivity contribution in [2.24, 2.45) is 0 Å². The van der Waals surface area contributed by atoms with Crippen molar-refractivity contribution in [1.29, 1.82) is 0 Å². The molecule has 0 bridgehead atoms. The van der Waals surface area contributed by atoms with Gasteiger partial charge in [-0.25, -0.2) is 8.42 Å². The Morgan fingerprint density at radius 2 is 1.81 bits per heavy atom. The SMILES string of the molecule is CCS(=O)(=O)CCNC(=O)c1ccc(OCc2ccc(Cl)cc2)c(OC)c1. The van der Waals surface area contributed by atoms with Crippen molar-refractivity contribution in [1.82, 2.24) is 5.32 Å². The molecule has 0 aromatic heterocycles. The van der Waals surface area contributed by atoms with Crippen LogP contribution in [-0.2, 0) is 16.4 Å².